The average molecular weight is 401 g/mol. The third-order valence-corrected chi connectivity index (χ3v) is 6.21. The number of rotatable bonds is 6. The first kappa shape index (κ1) is 19.5. The van der Waals surface area contributed by atoms with E-state index in [9.17, 15) is 9.00 Å². The molecule has 0 unspecified atom stereocenters. The van der Waals surface area contributed by atoms with E-state index in [-0.39, 0.29) is 11.2 Å². The lowest BCUT2D eigenvalue weighted by Crippen LogP contribution is -2.27. The average Bonchev–Trinajstić information content (AvgIpc) is 2.67. The molecule has 1 aromatic heterocycles. The highest BCUT2D eigenvalue weighted by Gasteiger charge is 2.15. The van der Waals surface area contributed by atoms with Crippen LogP contribution >= 0.6 is 11.6 Å². The van der Waals surface area contributed by atoms with Gasteiger partial charge in [-0.15, -0.1) is 0 Å². The van der Waals surface area contributed by atoms with E-state index in [1.54, 1.807) is 18.4 Å². The maximum absolute atomic E-state index is 12.8. The van der Waals surface area contributed by atoms with Crippen LogP contribution in [0.5, 0.6) is 0 Å². The van der Waals surface area contributed by atoms with Gasteiger partial charge in [0, 0.05) is 44.8 Å². The van der Waals surface area contributed by atoms with Gasteiger partial charge in [-0.3, -0.25) is 9.00 Å². The fourth-order valence-corrected chi connectivity index (χ4v) is 3.50. The molecule has 140 valence electrons. The summed E-state index contributed by atoms with van der Waals surface area (Å²) in [5.41, 5.74) is 2.74. The SMILES string of the molecule is C[C@@H](CCNC(=O)c1cc(-c2ccccc2Cl)nc2ccccc12)[S@@](C)=O. The minimum Gasteiger partial charge on any atom is -0.352 e. The van der Waals surface area contributed by atoms with E-state index >= 15 is 0 Å². The highest BCUT2D eigenvalue weighted by atomic mass is 35.5. The number of nitrogens with one attached hydrogen (secondary N) is 1. The fraction of sp³-hybridized carbons (Fsp3) is 0.238. The van der Waals surface area contributed by atoms with Crippen LogP contribution in [0.15, 0.2) is 54.6 Å². The van der Waals surface area contributed by atoms with Crippen LogP contribution in [0.3, 0.4) is 0 Å². The molecule has 0 saturated heterocycles. The van der Waals surface area contributed by atoms with Crippen LogP contribution in [0.25, 0.3) is 22.2 Å². The molecule has 3 aromatic rings. The molecule has 0 aliphatic carbocycles. The zero-order valence-electron chi connectivity index (χ0n) is 15.2. The second-order valence-electron chi connectivity index (χ2n) is 6.41. The summed E-state index contributed by atoms with van der Waals surface area (Å²) < 4.78 is 11.5. The van der Waals surface area contributed by atoms with Crippen LogP contribution in [0.4, 0.5) is 0 Å². The zero-order chi connectivity index (χ0) is 19.4. The molecule has 2 atom stereocenters. The van der Waals surface area contributed by atoms with Crippen molar-refractivity contribution in [3.63, 3.8) is 0 Å². The zero-order valence-corrected chi connectivity index (χ0v) is 16.8. The van der Waals surface area contributed by atoms with E-state index < -0.39 is 10.8 Å². The van der Waals surface area contributed by atoms with Gasteiger partial charge in [0.2, 0.25) is 0 Å². The number of fused-ring (bicyclic) bond motifs is 1. The van der Waals surface area contributed by atoms with Gasteiger partial charge < -0.3 is 5.32 Å². The molecule has 0 bridgehead atoms. The summed E-state index contributed by atoms with van der Waals surface area (Å²) in [6.07, 6.45) is 2.34. The first-order valence-corrected chi connectivity index (χ1v) is 10.7. The summed E-state index contributed by atoms with van der Waals surface area (Å²) in [5.74, 6) is -0.170. The molecule has 0 fully saturated rings. The number of hydrogen-bond acceptors (Lipinski definition) is 3. The molecule has 0 aliphatic rings. The summed E-state index contributed by atoms with van der Waals surface area (Å²) in [4.78, 5) is 17.5. The second-order valence-corrected chi connectivity index (χ2v) is 8.61. The lowest BCUT2D eigenvalue weighted by atomic mass is 10.0. The van der Waals surface area contributed by atoms with Gasteiger partial charge in [-0.2, -0.15) is 0 Å². The first-order chi connectivity index (χ1) is 13.0. The van der Waals surface area contributed by atoms with Crippen molar-refractivity contribution >= 4 is 39.2 Å². The second kappa shape index (κ2) is 8.63. The molecule has 27 heavy (non-hydrogen) atoms. The van der Waals surface area contributed by atoms with Crippen molar-refractivity contribution in [2.24, 2.45) is 0 Å². The Kier molecular flexibility index (Phi) is 6.24. The number of amides is 1. The van der Waals surface area contributed by atoms with Gasteiger partial charge in [-0.05, 0) is 24.6 Å². The fourth-order valence-electron chi connectivity index (χ4n) is 2.82. The van der Waals surface area contributed by atoms with Gasteiger partial charge in [0.1, 0.15) is 0 Å². The topological polar surface area (TPSA) is 59.1 Å². The molecule has 0 radical (unpaired) electrons. The van der Waals surface area contributed by atoms with Gasteiger partial charge in [0.15, 0.2) is 0 Å². The maximum Gasteiger partial charge on any atom is 0.252 e. The molecule has 1 amide bonds. The van der Waals surface area contributed by atoms with E-state index in [0.29, 0.717) is 29.2 Å². The van der Waals surface area contributed by atoms with E-state index in [1.807, 2.05) is 49.4 Å². The molecular weight excluding hydrogens is 380 g/mol. The van der Waals surface area contributed by atoms with Gasteiger partial charge in [-0.25, -0.2) is 4.98 Å². The number of halogens is 1. The standard InChI is InChI=1S/C21H21ClN2O2S/c1-14(27(2)26)11-12-23-21(25)17-13-20(16-8-3-5-9-18(16)22)24-19-10-6-4-7-15(17)19/h3-10,13-14H,11-12H2,1-2H3,(H,23,25)/t14-,27+/m0/s1. The minimum atomic E-state index is -0.899. The van der Waals surface area contributed by atoms with Crippen LogP contribution in [0.1, 0.15) is 23.7 Å². The number of nitrogens with zero attached hydrogens (tertiary/aromatic N) is 1. The molecule has 3 rings (SSSR count). The Morgan fingerprint density at radius 2 is 1.89 bits per heavy atom. The summed E-state index contributed by atoms with van der Waals surface area (Å²) in [7, 11) is -0.899. The number of benzene rings is 2. The Labute approximate surface area is 166 Å². The molecule has 6 heteroatoms. The monoisotopic (exact) mass is 400 g/mol. The quantitative estimate of drug-likeness (QED) is 0.665. The van der Waals surface area contributed by atoms with Crippen molar-refractivity contribution in [2.45, 2.75) is 18.6 Å². The summed E-state index contributed by atoms with van der Waals surface area (Å²) in [5, 5.41) is 4.35. The van der Waals surface area contributed by atoms with E-state index in [4.69, 9.17) is 11.6 Å². The van der Waals surface area contributed by atoms with Crippen molar-refractivity contribution in [3.8, 4) is 11.3 Å². The first-order valence-electron chi connectivity index (χ1n) is 8.72. The largest absolute Gasteiger partial charge is 0.352 e. The summed E-state index contributed by atoms with van der Waals surface area (Å²) >= 11 is 6.32. The third kappa shape index (κ3) is 4.54. The minimum absolute atomic E-state index is 0.0400. The highest BCUT2D eigenvalue weighted by molar-refractivity contribution is 7.84. The normalized spacial score (nSPS) is 13.3. The van der Waals surface area contributed by atoms with Crippen LogP contribution in [0, 0.1) is 0 Å². The Morgan fingerprint density at radius 1 is 1.19 bits per heavy atom. The molecule has 1 N–H and O–H groups in total. The Morgan fingerprint density at radius 3 is 2.63 bits per heavy atom. The van der Waals surface area contributed by atoms with Crippen LogP contribution < -0.4 is 5.32 Å². The van der Waals surface area contributed by atoms with Crippen LogP contribution in [-0.2, 0) is 10.8 Å². The predicted molar refractivity (Wildman–Crippen MR) is 113 cm³/mol. The van der Waals surface area contributed by atoms with E-state index in [1.165, 1.54) is 0 Å². The number of carbonyl (C=O) groups is 1. The Hall–Kier alpha value is -2.24. The van der Waals surface area contributed by atoms with Crippen molar-refractivity contribution < 1.29 is 9.00 Å². The van der Waals surface area contributed by atoms with Crippen molar-refractivity contribution in [3.05, 3.63) is 65.2 Å². The Balaban J connectivity index is 1.95. The maximum atomic E-state index is 12.8. The smallest absolute Gasteiger partial charge is 0.252 e. The third-order valence-electron chi connectivity index (χ3n) is 4.51. The molecule has 0 spiro atoms. The summed E-state index contributed by atoms with van der Waals surface area (Å²) in [6.45, 7) is 2.39. The number of hydrogen-bond donors (Lipinski definition) is 1. The lowest BCUT2D eigenvalue weighted by Gasteiger charge is -2.12. The van der Waals surface area contributed by atoms with Crippen molar-refractivity contribution in [1.82, 2.24) is 10.3 Å². The van der Waals surface area contributed by atoms with Gasteiger partial charge in [-0.1, -0.05) is 54.9 Å². The summed E-state index contributed by atoms with van der Waals surface area (Å²) in [6, 6.07) is 16.8. The Bertz CT molecular complexity index is 1010. The van der Waals surface area contributed by atoms with E-state index in [2.05, 4.69) is 10.3 Å². The molecule has 2 aromatic carbocycles. The number of para-hydroxylation sites is 1. The molecular formula is C21H21ClN2O2S. The van der Waals surface area contributed by atoms with E-state index in [0.717, 1.165) is 16.5 Å². The number of pyridine rings is 1. The molecule has 0 saturated carbocycles. The van der Waals surface area contributed by atoms with Crippen LogP contribution in [-0.4, -0.2) is 33.2 Å². The number of aromatic nitrogens is 1. The van der Waals surface area contributed by atoms with Crippen LogP contribution in [0.2, 0.25) is 5.02 Å². The number of carbonyl (C=O) groups excluding carboxylic acids is 1. The molecule has 1 heterocycles. The molecule has 4 nitrogen and oxygen atoms in total. The highest BCUT2D eigenvalue weighted by Crippen LogP contribution is 2.29. The van der Waals surface area contributed by atoms with Crippen molar-refractivity contribution in [2.75, 3.05) is 12.8 Å². The van der Waals surface area contributed by atoms with Crippen molar-refractivity contribution in [1.29, 1.82) is 0 Å². The molecule has 0 aliphatic heterocycles. The van der Waals surface area contributed by atoms with Gasteiger partial charge in [0.25, 0.3) is 5.91 Å². The predicted octanol–water partition coefficient (Wildman–Crippen LogP) is 4.44. The van der Waals surface area contributed by atoms with Gasteiger partial charge in [0.05, 0.1) is 16.8 Å². The van der Waals surface area contributed by atoms with Gasteiger partial charge >= 0.3 is 0 Å². The lowest BCUT2D eigenvalue weighted by molar-refractivity contribution is 0.0955.